The molecule has 0 spiro atoms. The average Bonchev–Trinajstić information content (AvgIpc) is 2.76. The molecule has 2 N–H and O–H groups in total. The highest BCUT2D eigenvalue weighted by Gasteiger charge is 2.52. The molecule has 1 fully saturated rings. The quantitative estimate of drug-likeness (QED) is 0.604. The minimum atomic E-state index is -4.82. The van der Waals surface area contributed by atoms with Gasteiger partial charge >= 0.3 is 18.4 Å². The van der Waals surface area contributed by atoms with Crippen molar-refractivity contribution in [1.82, 2.24) is 15.5 Å². The third kappa shape index (κ3) is 4.31. The molecule has 1 aliphatic heterocycles. The minimum Gasteiger partial charge on any atom is -0.345 e. The summed E-state index contributed by atoms with van der Waals surface area (Å²) < 4.78 is 75.9. The van der Waals surface area contributed by atoms with Crippen LogP contribution in [-0.4, -0.2) is 42.0 Å². The fraction of sp³-hybridized carbons (Fsp3) is 0.400. The van der Waals surface area contributed by atoms with E-state index in [0.29, 0.717) is 0 Å². The van der Waals surface area contributed by atoms with Gasteiger partial charge in [0.25, 0.3) is 5.91 Å². The summed E-state index contributed by atoms with van der Waals surface area (Å²) in [6, 6.07) is 2.85. The Bertz CT molecular complexity index is 777. The summed E-state index contributed by atoms with van der Waals surface area (Å²) in [6.45, 7) is -1.72. The molecule has 0 saturated carbocycles. The van der Waals surface area contributed by atoms with Crippen LogP contribution in [0, 0.1) is 0 Å². The monoisotopic (exact) mass is 397 g/mol. The minimum absolute atomic E-state index is 0.263. The summed E-state index contributed by atoms with van der Waals surface area (Å²) in [4.78, 5) is 36.3. The second-order valence-corrected chi connectivity index (χ2v) is 5.88. The van der Waals surface area contributed by atoms with Crippen LogP contribution in [0.1, 0.15) is 18.1 Å². The molecule has 1 aromatic rings. The highest BCUT2D eigenvalue weighted by atomic mass is 19.4. The summed E-state index contributed by atoms with van der Waals surface area (Å²) in [5, 5.41) is 3.55. The fourth-order valence-electron chi connectivity index (χ4n) is 2.59. The van der Waals surface area contributed by atoms with E-state index in [-0.39, 0.29) is 4.90 Å². The highest BCUT2D eigenvalue weighted by molar-refractivity contribution is 6.09. The number of hydrogen-bond donors (Lipinski definition) is 2. The lowest BCUT2D eigenvalue weighted by molar-refractivity contribution is -0.142. The number of nitrogens with one attached hydrogen (secondary N) is 2. The van der Waals surface area contributed by atoms with Crippen LogP contribution >= 0.6 is 0 Å². The van der Waals surface area contributed by atoms with Crippen LogP contribution in [0.2, 0.25) is 0 Å². The maximum absolute atomic E-state index is 13.2. The van der Waals surface area contributed by atoms with E-state index in [2.05, 4.69) is 5.32 Å². The summed E-state index contributed by atoms with van der Waals surface area (Å²) in [5.41, 5.74) is -3.84. The Balaban J connectivity index is 2.26. The first-order valence-electron chi connectivity index (χ1n) is 7.40. The largest absolute Gasteiger partial charge is 0.416 e. The van der Waals surface area contributed by atoms with Gasteiger partial charge in [-0.15, -0.1) is 0 Å². The zero-order valence-corrected chi connectivity index (χ0v) is 13.7. The molecule has 2 rings (SSSR count). The van der Waals surface area contributed by atoms with Crippen molar-refractivity contribution in [3.8, 4) is 0 Å². The lowest BCUT2D eigenvalue weighted by Gasteiger charge is -2.25. The molecule has 1 aromatic carbocycles. The molecule has 0 aliphatic carbocycles. The second-order valence-electron chi connectivity index (χ2n) is 5.88. The van der Waals surface area contributed by atoms with E-state index < -0.39 is 60.0 Å². The molecule has 4 amide bonds. The molecule has 12 heteroatoms. The lowest BCUT2D eigenvalue weighted by Crippen LogP contribution is -2.45. The molecule has 1 aliphatic rings. The molecule has 148 valence electrons. The third-order valence-electron chi connectivity index (χ3n) is 3.83. The van der Waals surface area contributed by atoms with E-state index >= 15 is 0 Å². The smallest absolute Gasteiger partial charge is 0.345 e. The Morgan fingerprint density at radius 3 is 2.30 bits per heavy atom. The normalized spacial score (nSPS) is 20.6. The van der Waals surface area contributed by atoms with Gasteiger partial charge in [-0.25, -0.2) is 4.79 Å². The van der Waals surface area contributed by atoms with Crippen LogP contribution in [0.25, 0.3) is 0 Å². The Labute approximate surface area is 148 Å². The fourth-order valence-corrected chi connectivity index (χ4v) is 2.59. The molecule has 6 nitrogen and oxygen atoms in total. The van der Waals surface area contributed by atoms with Crippen molar-refractivity contribution in [3.05, 3.63) is 35.4 Å². The van der Waals surface area contributed by atoms with Crippen LogP contribution in [0.5, 0.6) is 0 Å². The zero-order valence-electron chi connectivity index (χ0n) is 13.7. The van der Waals surface area contributed by atoms with E-state index in [0.717, 1.165) is 25.1 Å². The van der Waals surface area contributed by atoms with Crippen molar-refractivity contribution in [1.29, 1.82) is 0 Å². The van der Waals surface area contributed by atoms with Gasteiger partial charge in [0.15, 0.2) is 0 Å². The van der Waals surface area contributed by atoms with Gasteiger partial charge < -0.3 is 10.6 Å². The van der Waals surface area contributed by atoms with Gasteiger partial charge in [0.2, 0.25) is 5.91 Å². The molecule has 0 aromatic heterocycles. The highest BCUT2D eigenvalue weighted by Crippen LogP contribution is 2.39. The topological polar surface area (TPSA) is 78.5 Å². The number of rotatable bonds is 4. The van der Waals surface area contributed by atoms with Crippen molar-refractivity contribution < 1.29 is 40.7 Å². The molecule has 1 atom stereocenters. The molecule has 27 heavy (non-hydrogen) atoms. The number of halogens is 6. The Morgan fingerprint density at radius 2 is 1.74 bits per heavy atom. The summed E-state index contributed by atoms with van der Waals surface area (Å²) in [5.74, 6) is -2.48. The molecule has 1 heterocycles. The second kappa shape index (κ2) is 6.74. The average molecular weight is 397 g/mol. The number of alkyl halides is 6. The van der Waals surface area contributed by atoms with E-state index in [9.17, 15) is 40.7 Å². The Hall–Kier alpha value is -2.79. The Morgan fingerprint density at radius 1 is 1.15 bits per heavy atom. The van der Waals surface area contributed by atoms with Gasteiger partial charge in [0.1, 0.15) is 18.6 Å². The predicted octanol–water partition coefficient (Wildman–Crippen LogP) is 2.15. The van der Waals surface area contributed by atoms with Crippen LogP contribution in [0.4, 0.5) is 31.1 Å². The number of benzene rings is 1. The molecular weight excluding hydrogens is 384 g/mol. The van der Waals surface area contributed by atoms with E-state index in [1.165, 1.54) is 11.4 Å². The van der Waals surface area contributed by atoms with Gasteiger partial charge in [-0.05, 0) is 18.6 Å². The summed E-state index contributed by atoms with van der Waals surface area (Å²) >= 11 is 0. The van der Waals surface area contributed by atoms with Gasteiger partial charge in [-0.2, -0.15) is 26.3 Å². The predicted molar refractivity (Wildman–Crippen MR) is 78.1 cm³/mol. The summed E-state index contributed by atoms with van der Waals surface area (Å²) in [6.07, 6.45) is -9.52. The van der Waals surface area contributed by atoms with Crippen molar-refractivity contribution in [3.63, 3.8) is 0 Å². The molecular formula is C15H13F6N3O3. The van der Waals surface area contributed by atoms with Crippen LogP contribution < -0.4 is 10.6 Å². The first-order chi connectivity index (χ1) is 12.3. The standard InChI is InChI=1S/C15H13F6N3O3/c1-13(8-4-2-3-5-9(8)15(19,20)21)11(26)24(12(27)23-13)6-10(25)22-7-14(16,17)18/h2-5H,6-7H2,1H3,(H,22,25)(H,23,27)/t13-/m1/s1. The number of nitrogens with zero attached hydrogens (tertiary/aromatic N) is 1. The first-order valence-corrected chi connectivity index (χ1v) is 7.40. The van der Waals surface area contributed by atoms with Gasteiger partial charge in [-0.1, -0.05) is 18.2 Å². The van der Waals surface area contributed by atoms with Crippen molar-refractivity contribution >= 4 is 17.8 Å². The molecule has 0 radical (unpaired) electrons. The number of carbonyl (C=O) groups excluding carboxylic acids is 3. The van der Waals surface area contributed by atoms with E-state index in [4.69, 9.17) is 0 Å². The number of amides is 4. The van der Waals surface area contributed by atoms with Crippen molar-refractivity contribution in [2.24, 2.45) is 0 Å². The SMILES string of the molecule is C[C@]1(c2ccccc2C(F)(F)F)NC(=O)N(CC(=O)NCC(F)(F)F)C1=O. The van der Waals surface area contributed by atoms with Crippen molar-refractivity contribution in [2.75, 3.05) is 13.1 Å². The van der Waals surface area contributed by atoms with Gasteiger partial charge in [0, 0.05) is 0 Å². The molecule has 0 unspecified atom stereocenters. The summed E-state index contributed by atoms with van der Waals surface area (Å²) in [7, 11) is 0. The van der Waals surface area contributed by atoms with E-state index in [1.54, 1.807) is 0 Å². The maximum atomic E-state index is 13.2. The molecule has 1 saturated heterocycles. The number of urea groups is 1. The number of carbonyl (C=O) groups is 3. The first kappa shape index (κ1) is 20.5. The van der Waals surface area contributed by atoms with E-state index in [1.807, 2.05) is 0 Å². The van der Waals surface area contributed by atoms with Crippen LogP contribution in [0.3, 0.4) is 0 Å². The van der Waals surface area contributed by atoms with Crippen LogP contribution in [-0.2, 0) is 21.3 Å². The number of imide groups is 1. The van der Waals surface area contributed by atoms with Gasteiger partial charge in [0.05, 0.1) is 5.56 Å². The van der Waals surface area contributed by atoms with Gasteiger partial charge in [-0.3, -0.25) is 14.5 Å². The Kier molecular flexibility index (Phi) is 5.12. The number of hydrogen-bond acceptors (Lipinski definition) is 3. The third-order valence-corrected chi connectivity index (χ3v) is 3.83. The maximum Gasteiger partial charge on any atom is 0.416 e. The lowest BCUT2D eigenvalue weighted by atomic mass is 9.87. The van der Waals surface area contributed by atoms with Crippen molar-refractivity contribution in [2.45, 2.75) is 24.8 Å². The molecule has 0 bridgehead atoms. The zero-order chi connectivity index (χ0) is 20.6. The van der Waals surface area contributed by atoms with Crippen LogP contribution in [0.15, 0.2) is 24.3 Å².